The van der Waals surface area contributed by atoms with Crippen LogP contribution in [0.4, 0.5) is 0 Å². The molecule has 0 radical (unpaired) electrons. The molecule has 7 nitrogen and oxygen atoms in total. The first-order valence-corrected chi connectivity index (χ1v) is 17.2. The van der Waals surface area contributed by atoms with Crippen LogP contribution in [0.15, 0.2) is 81.7 Å². The number of benzene rings is 3. The molecule has 0 saturated carbocycles. The van der Waals surface area contributed by atoms with Crippen molar-refractivity contribution < 1.29 is 19.0 Å². The lowest BCUT2D eigenvalue weighted by atomic mass is 9.96. The number of rotatable bonds is 9. The van der Waals surface area contributed by atoms with Crippen molar-refractivity contribution in [2.45, 2.75) is 46.4 Å². The Labute approximate surface area is 291 Å². The number of hydrogen-bond acceptors (Lipinski definition) is 7. The fourth-order valence-corrected chi connectivity index (χ4v) is 8.17. The van der Waals surface area contributed by atoms with Crippen LogP contribution < -0.4 is 24.4 Å². The number of allylic oxidation sites excluding steroid dienone is 1. The van der Waals surface area contributed by atoms with Gasteiger partial charge in [-0.3, -0.25) is 9.36 Å². The lowest BCUT2D eigenvalue weighted by molar-refractivity contribution is -0.143. The van der Waals surface area contributed by atoms with E-state index in [2.05, 4.69) is 45.2 Å². The van der Waals surface area contributed by atoms with Crippen LogP contribution in [0.1, 0.15) is 50.4 Å². The summed E-state index contributed by atoms with van der Waals surface area (Å²) < 4.78 is 21.3. The summed E-state index contributed by atoms with van der Waals surface area (Å²) in [6, 6.07) is 18.3. The van der Waals surface area contributed by atoms with E-state index >= 15 is 0 Å². The molecule has 0 spiro atoms. The van der Waals surface area contributed by atoms with Crippen LogP contribution in [0.25, 0.3) is 6.08 Å². The Morgan fingerprint density at radius 1 is 1.09 bits per heavy atom. The van der Waals surface area contributed by atoms with Gasteiger partial charge in [-0.25, -0.2) is 9.79 Å². The van der Waals surface area contributed by atoms with Crippen molar-refractivity contribution in [3.63, 3.8) is 0 Å². The summed E-state index contributed by atoms with van der Waals surface area (Å²) in [5.74, 6) is 0.967. The van der Waals surface area contributed by atoms with E-state index in [1.807, 2.05) is 73.7 Å². The Kier molecular flexibility index (Phi) is 10.5. The zero-order chi connectivity index (χ0) is 31.5. The third-order valence-electron chi connectivity index (χ3n) is 6.74. The summed E-state index contributed by atoms with van der Waals surface area (Å²) in [6.45, 7) is 8.17. The molecule has 0 bridgehead atoms. The van der Waals surface area contributed by atoms with Crippen molar-refractivity contribution in [2.24, 2.45) is 4.99 Å². The molecule has 0 amide bonds. The van der Waals surface area contributed by atoms with Gasteiger partial charge in [0, 0.05) is 10.6 Å². The van der Waals surface area contributed by atoms with Gasteiger partial charge in [0.25, 0.3) is 5.56 Å². The maximum atomic E-state index is 14.0. The van der Waals surface area contributed by atoms with Gasteiger partial charge < -0.3 is 14.2 Å². The van der Waals surface area contributed by atoms with E-state index in [1.54, 1.807) is 25.3 Å². The predicted molar refractivity (Wildman–Crippen MR) is 190 cm³/mol. The van der Waals surface area contributed by atoms with Crippen molar-refractivity contribution in [3.05, 3.63) is 120 Å². The average molecular weight is 855 g/mol. The maximum absolute atomic E-state index is 14.0. The molecular formula is C33H29ClI2N2O5S. The molecule has 3 aromatic carbocycles. The number of halogens is 3. The lowest BCUT2D eigenvalue weighted by Crippen LogP contribution is -2.40. The molecule has 1 aliphatic heterocycles. The number of thiazole rings is 1. The van der Waals surface area contributed by atoms with E-state index < -0.39 is 12.0 Å². The second kappa shape index (κ2) is 14.2. The van der Waals surface area contributed by atoms with Gasteiger partial charge in [0.05, 0.1) is 41.7 Å². The smallest absolute Gasteiger partial charge is 0.338 e. The molecule has 1 aliphatic rings. The second-order valence-corrected chi connectivity index (χ2v) is 14.0. The Morgan fingerprint density at radius 3 is 2.41 bits per heavy atom. The highest BCUT2D eigenvalue weighted by atomic mass is 127. The number of esters is 1. The van der Waals surface area contributed by atoms with Crippen LogP contribution in [0.3, 0.4) is 0 Å². The fourth-order valence-electron chi connectivity index (χ4n) is 4.81. The number of carbonyl (C=O) groups is 1. The molecule has 0 saturated heterocycles. The molecule has 1 atom stereocenters. The van der Waals surface area contributed by atoms with Crippen molar-refractivity contribution in [3.8, 4) is 11.5 Å². The first-order chi connectivity index (χ1) is 21.1. The summed E-state index contributed by atoms with van der Waals surface area (Å²) in [5.41, 5.74) is 3.13. The number of carbonyl (C=O) groups excluding carboxylic acids is 1. The molecule has 0 unspecified atom stereocenters. The fraction of sp³-hybridized carbons (Fsp3) is 0.242. The van der Waals surface area contributed by atoms with Crippen LogP contribution >= 0.6 is 68.1 Å². The largest absolute Gasteiger partial charge is 0.494 e. The summed E-state index contributed by atoms with van der Waals surface area (Å²) in [6.07, 6.45) is 1.53. The number of hydrogen-bond donors (Lipinski definition) is 0. The maximum Gasteiger partial charge on any atom is 0.338 e. The first-order valence-electron chi connectivity index (χ1n) is 13.9. The zero-order valence-electron chi connectivity index (χ0n) is 24.4. The van der Waals surface area contributed by atoms with Crippen LogP contribution in [0.2, 0.25) is 5.02 Å². The summed E-state index contributed by atoms with van der Waals surface area (Å²) >= 11 is 12.1. The molecular weight excluding hydrogens is 826 g/mol. The van der Waals surface area contributed by atoms with Crippen LogP contribution in [-0.2, 0) is 16.1 Å². The minimum absolute atomic E-state index is 0.237. The second-order valence-electron chi connectivity index (χ2n) is 10.2. The van der Waals surface area contributed by atoms with E-state index in [-0.39, 0.29) is 11.7 Å². The molecule has 11 heteroatoms. The first kappa shape index (κ1) is 32.7. The average Bonchev–Trinajstić information content (AvgIpc) is 3.26. The van der Waals surface area contributed by atoms with Gasteiger partial charge in [-0.2, -0.15) is 0 Å². The Balaban J connectivity index is 1.55. The Hall–Kier alpha value is -2.68. The molecule has 0 fully saturated rings. The number of aromatic nitrogens is 1. The van der Waals surface area contributed by atoms with E-state index in [4.69, 9.17) is 30.8 Å². The SMILES string of the molecule is CCOc1ccc([C@H]2C(C(=O)OC(C)C)=C(C)N=c3s/c(=C/c4cc(I)c(OCc5ccccc5Cl)c(I)c4)c(=O)n32)cc1. The van der Waals surface area contributed by atoms with Gasteiger partial charge in [0.1, 0.15) is 18.1 Å². The highest BCUT2D eigenvalue weighted by molar-refractivity contribution is 14.1. The lowest BCUT2D eigenvalue weighted by Gasteiger charge is -2.25. The van der Waals surface area contributed by atoms with Crippen LogP contribution in [0, 0.1) is 7.14 Å². The van der Waals surface area contributed by atoms with Crippen molar-refractivity contribution in [1.29, 1.82) is 0 Å². The Morgan fingerprint density at radius 2 is 1.77 bits per heavy atom. The van der Waals surface area contributed by atoms with Crippen molar-refractivity contribution in [2.75, 3.05) is 6.61 Å². The van der Waals surface area contributed by atoms with Crippen LogP contribution in [0.5, 0.6) is 11.5 Å². The molecule has 5 rings (SSSR count). The van der Waals surface area contributed by atoms with Crippen LogP contribution in [-0.4, -0.2) is 23.2 Å². The molecule has 228 valence electrons. The third-order valence-corrected chi connectivity index (χ3v) is 9.69. The highest BCUT2D eigenvalue weighted by Gasteiger charge is 2.33. The van der Waals surface area contributed by atoms with Gasteiger partial charge in [0.15, 0.2) is 4.80 Å². The van der Waals surface area contributed by atoms with Gasteiger partial charge in [-0.05, 0) is 120 Å². The number of nitrogens with zero attached hydrogens (tertiary/aromatic N) is 2. The van der Waals surface area contributed by atoms with E-state index in [0.717, 1.165) is 29.6 Å². The summed E-state index contributed by atoms with van der Waals surface area (Å²) in [4.78, 5) is 32.6. The van der Waals surface area contributed by atoms with Gasteiger partial charge >= 0.3 is 5.97 Å². The predicted octanol–water partition coefficient (Wildman–Crippen LogP) is 7.03. The van der Waals surface area contributed by atoms with E-state index in [0.29, 0.717) is 44.6 Å². The monoisotopic (exact) mass is 854 g/mol. The normalized spacial score (nSPS) is 14.8. The third kappa shape index (κ3) is 7.08. The molecule has 2 heterocycles. The molecule has 0 aliphatic carbocycles. The van der Waals surface area contributed by atoms with Gasteiger partial charge in [-0.1, -0.05) is 53.3 Å². The molecule has 4 aromatic rings. The Bertz CT molecular complexity index is 1910. The quantitative estimate of drug-likeness (QED) is 0.134. The number of ether oxygens (including phenoxy) is 3. The summed E-state index contributed by atoms with van der Waals surface area (Å²) in [5, 5.41) is 0.656. The minimum Gasteiger partial charge on any atom is -0.494 e. The van der Waals surface area contributed by atoms with E-state index in [9.17, 15) is 9.59 Å². The highest BCUT2D eigenvalue weighted by Crippen LogP contribution is 2.33. The standard InChI is InChI=1S/C33H29ClI2N2O5S/c1-5-41-23-12-10-21(11-13-23)29-28(32(40)43-18(2)3)19(4)37-33-38(29)31(39)27(44-33)16-20-14-25(35)30(26(36)15-20)42-17-22-8-6-7-9-24(22)34/h6-16,18,29H,5,17H2,1-4H3/b27-16+/t29-/m0/s1. The molecule has 44 heavy (non-hydrogen) atoms. The van der Waals surface area contributed by atoms with Gasteiger partial charge in [0.2, 0.25) is 0 Å². The minimum atomic E-state index is -0.698. The van der Waals surface area contributed by atoms with E-state index in [1.165, 1.54) is 11.3 Å². The van der Waals surface area contributed by atoms with Crippen molar-refractivity contribution >= 4 is 80.2 Å². The molecule has 1 aromatic heterocycles. The van der Waals surface area contributed by atoms with Crippen molar-refractivity contribution in [1.82, 2.24) is 4.57 Å². The topological polar surface area (TPSA) is 79.1 Å². The number of fused-ring (bicyclic) bond motifs is 1. The van der Waals surface area contributed by atoms with Gasteiger partial charge in [-0.15, -0.1) is 0 Å². The zero-order valence-corrected chi connectivity index (χ0v) is 30.3. The summed E-state index contributed by atoms with van der Waals surface area (Å²) in [7, 11) is 0. The molecule has 0 N–H and O–H groups in total.